The molecule has 0 N–H and O–H groups in total. The monoisotopic (exact) mass is 240 g/mol. The summed E-state index contributed by atoms with van der Waals surface area (Å²) in [5.74, 6) is 0. The van der Waals surface area contributed by atoms with E-state index in [-0.39, 0.29) is 0 Å². The van der Waals surface area contributed by atoms with Gasteiger partial charge in [-0.05, 0) is 39.8 Å². The smallest absolute Gasteiger partial charge is 0.273 e. The SMILES string of the molecule is CN(C)Cc1csc(OC2CCCCC2)n1. The van der Waals surface area contributed by atoms with E-state index in [1.54, 1.807) is 11.3 Å². The Hall–Kier alpha value is -0.610. The third-order valence-electron chi connectivity index (χ3n) is 2.83. The number of ether oxygens (including phenoxy) is 1. The van der Waals surface area contributed by atoms with Gasteiger partial charge in [-0.2, -0.15) is 0 Å². The van der Waals surface area contributed by atoms with E-state index in [9.17, 15) is 0 Å². The summed E-state index contributed by atoms with van der Waals surface area (Å²) < 4.78 is 5.91. The molecule has 2 rings (SSSR count). The average molecular weight is 240 g/mol. The van der Waals surface area contributed by atoms with Crippen LogP contribution in [0.15, 0.2) is 5.38 Å². The molecule has 1 aliphatic carbocycles. The normalized spacial score (nSPS) is 17.9. The second kappa shape index (κ2) is 5.64. The van der Waals surface area contributed by atoms with E-state index in [0.717, 1.165) is 17.4 Å². The lowest BCUT2D eigenvalue weighted by molar-refractivity contribution is 0.154. The van der Waals surface area contributed by atoms with Gasteiger partial charge in [0.2, 0.25) is 0 Å². The van der Waals surface area contributed by atoms with Crippen LogP contribution >= 0.6 is 11.3 Å². The van der Waals surface area contributed by atoms with Crippen LogP contribution in [-0.2, 0) is 6.54 Å². The van der Waals surface area contributed by atoms with E-state index in [2.05, 4.69) is 29.4 Å². The molecule has 0 radical (unpaired) electrons. The van der Waals surface area contributed by atoms with Gasteiger partial charge in [0.25, 0.3) is 5.19 Å². The molecule has 1 aliphatic rings. The predicted molar refractivity (Wildman–Crippen MR) is 67.0 cm³/mol. The number of rotatable bonds is 4. The van der Waals surface area contributed by atoms with Crippen LogP contribution in [0.25, 0.3) is 0 Å². The number of hydrogen-bond donors (Lipinski definition) is 0. The van der Waals surface area contributed by atoms with E-state index >= 15 is 0 Å². The maximum absolute atomic E-state index is 5.91. The summed E-state index contributed by atoms with van der Waals surface area (Å²) in [5.41, 5.74) is 1.11. The zero-order chi connectivity index (χ0) is 11.4. The summed E-state index contributed by atoms with van der Waals surface area (Å²) in [6.07, 6.45) is 6.78. The number of hydrogen-bond acceptors (Lipinski definition) is 4. The van der Waals surface area contributed by atoms with Crippen molar-refractivity contribution in [3.05, 3.63) is 11.1 Å². The molecule has 0 amide bonds. The van der Waals surface area contributed by atoms with Crippen LogP contribution in [0.4, 0.5) is 0 Å². The largest absolute Gasteiger partial charge is 0.467 e. The zero-order valence-electron chi connectivity index (χ0n) is 10.1. The van der Waals surface area contributed by atoms with Crippen LogP contribution in [0, 0.1) is 0 Å². The molecule has 16 heavy (non-hydrogen) atoms. The Kier molecular flexibility index (Phi) is 4.18. The van der Waals surface area contributed by atoms with Crippen molar-refractivity contribution < 1.29 is 4.74 Å². The van der Waals surface area contributed by atoms with E-state index in [4.69, 9.17) is 4.74 Å². The standard InChI is InChI=1S/C12H20N2OS/c1-14(2)8-10-9-16-12(13-10)15-11-6-4-3-5-7-11/h9,11H,3-8H2,1-2H3. The second-order valence-electron chi connectivity index (χ2n) is 4.72. The highest BCUT2D eigenvalue weighted by Gasteiger charge is 2.16. The second-order valence-corrected chi connectivity index (χ2v) is 5.54. The van der Waals surface area contributed by atoms with Crippen molar-refractivity contribution in [3.63, 3.8) is 0 Å². The molecule has 1 fully saturated rings. The van der Waals surface area contributed by atoms with Crippen molar-refractivity contribution in [3.8, 4) is 5.19 Å². The molecule has 1 aromatic heterocycles. The Balaban J connectivity index is 1.86. The molecule has 1 aromatic rings. The van der Waals surface area contributed by atoms with Gasteiger partial charge in [-0.15, -0.1) is 0 Å². The van der Waals surface area contributed by atoms with Gasteiger partial charge in [0.05, 0.1) is 5.69 Å². The molecule has 90 valence electrons. The average Bonchev–Trinajstić information content (AvgIpc) is 2.66. The van der Waals surface area contributed by atoms with Crippen molar-refractivity contribution in [1.29, 1.82) is 0 Å². The molecule has 0 spiro atoms. The maximum atomic E-state index is 5.91. The minimum Gasteiger partial charge on any atom is -0.467 e. The summed E-state index contributed by atoms with van der Waals surface area (Å²) in [6, 6.07) is 0. The Bertz CT molecular complexity index is 319. The van der Waals surface area contributed by atoms with E-state index in [1.807, 2.05) is 0 Å². The molecule has 0 bridgehead atoms. The minimum atomic E-state index is 0.409. The Morgan fingerprint density at radius 2 is 2.12 bits per heavy atom. The maximum Gasteiger partial charge on any atom is 0.273 e. The molecule has 4 heteroatoms. The van der Waals surface area contributed by atoms with Crippen molar-refractivity contribution in [2.24, 2.45) is 0 Å². The quantitative estimate of drug-likeness (QED) is 0.809. The summed E-state index contributed by atoms with van der Waals surface area (Å²) >= 11 is 1.63. The van der Waals surface area contributed by atoms with Crippen LogP contribution in [0.1, 0.15) is 37.8 Å². The fourth-order valence-electron chi connectivity index (χ4n) is 2.06. The molecule has 0 aromatic carbocycles. The third-order valence-corrected chi connectivity index (χ3v) is 3.61. The highest BCUT2D eigenvalue weighted by Crippen LogP contribution is 2.26. The van der Waals surface area contributed by atoms with Crippen molar-refractivity contribution >= 4 is 11.3 Å². The summed E-state index contributed by atoms with van der Waals surface area (Å²) in [6.45, 7) is 0.893. The van der Waals surface area contributed by atoms with E-state index in [0.29, 0.717) is 6.10 Å². The number of aromatic nitrogens is 1. The molecule has 0 saturated heterocycles. The van der Waals surface area contributed by atoms with Gasteiger partial charge in [-0.1, -0.05) is 17.8 Å². The molecular formula is C12H20N2OS. The Morgan fingerprint density at radius 3 is 2.81 bits per heavy atom. The lowest BCUT2D eigenvalue weighted by Gasteiger charge is -2.21. The van der Waals surface area contributed by atoms with Crippen molar-refractivity contribution in [2.75, 3.05) is 14.1 Å². The lowest BCUT2D eigenvalue weighted by atomic mass is 9.98. The van der Waals surface area contributed by atoms with Gasteiger partial charge in [0, 0.05) is 11.9 Å². The fraction of sp³-hybridized carbons (Fsp3) is 0.750. The predicted octanol–water partition coefficient (Wildman–Crippen LogP) is 2.92. The molecular weight excluding hydrogens is 220 g/mol. The summed E-state index contributed by atoms with van der Waals surface area (Å²) in [5, 5.41) is 2.95. The first kappa shape index (κ1) is 11.9. The highest BCUT2D eigenvalue weighted by atomic mass is 32.1. The van der Waals surface area contributed by atoms with Gasteiger partial charge in [0.15, 0.2) is 0 Å². The van der Waals surface area contributed by atoms with Gasteiger partial charge in [0.1, 0.15) is 6.10 Å². The zero-order valence-corrected chi connectivity index (χ0v) is 10.9. The minimum absolute atomic E-state index is 0.409. The first-order valence-corrected chi connectivity index (χ1v) is 6.88. The summed E-state index contributed by atoms with van der Waals surface area (Å²) in [4.78, 5) is 6.62. The van der Waals surface area contributed by atoms with Crippen LogP contribution in [-0.4, -0.2) is 30.1 Å². The highest BCUT2D eigenvalue weighted by molar-refractivity contribution is 7.11. The van der Waals surface area contributed by atoms with E-state index < -0.39 is 0 Å². The van der Waals surface area contributed by atoms with Gasteiger partial charge < -0.3 is 9.64 Å². The molecule has 0 unspecified atom stereocenters. The van der Waals surface area contributed by atoms with Gasteiger partial charge >= 0.3 is 0 Å². The Morgan fingerprint density at radius 1 is 1.38 bits per heavy atom. The molecule has 3 nitrogen and oxygen atoms in total. The van der Waals surface area contributed by atoms with Crippen LogP contribution in [0.2, 0.25) is 0 Å². The number of thiazole rings is 1. The van der Waals surface area contributed by atoms with Crippen molar-refractivity contribution in [2.45, 2.75) is 44.8 Å². The lowest BCUT2D eigenvalue weighted by Crippen LogP contribution is -2.19. The van der Waals surface area contributed by atoms with Crippen LogP contribution in [0.5, 0.6) is 5.19 Å². The molecule has 0 atom stereocenters. The third kappa shape index (κ3) is 3.46. The van der Waals surface area contributed by atoms with Crippen LogP contribution in [0.3, 0.4) is 0 Å². The Labute approximate surface area is 101 Å². The topological polar surface area (TPSA) is 25.4 Å². The molecule has 0 aliphatic heterocycles. The summed E-state index contributed by atoms with van der Waals surface area (Å²) in [7, 11) is 4.11. The fourth-order valence-corrected chi connectivity index (χ4v) is 2.79. The van der Waals surface area contributed by atoms with E-state index in [1.165, 1.54) is 32.1 Å². The first-order chi connectivity index (χ1) is 7.74. The molecule has 1 saturated carbocycles. The van der Waals surface area contributed by atoms with Crippen molar-refractivity contribution in [1.82, 2.24) is 9.88 Å². The van der Waals surface area contributed by atoms with Crippen LogP contribution < -0.4 is 4.74 Å². The van der Waals surface area contributed by atoms with Gasteiger partial charge in [-0.25, -0.2) is 4.98 Å². The first-order valence-electron chi connectivity index (χ1n) is 6.00. The van der Waals surface area contributed by atoms with Gasteiger partial charge in [-0.3, -0.25) is 0 Å². The molecule has 1 heterocycles. The number of nitrogens with zero attached hydrogens (tertiary/aromatic N) is 2.